The van der Waals surface area contributed by atoms with Gasteiger partial charge in [0, 0.05) is 6.16 Å². The van der Waals surface area contributed by atoms with Gasteiger partial charge in [0.1, 0.15) is 6.10 Å². The van der Waals surface area contributed by atoms with Gasteiger partial charge in [-0.05, 0) is 13.0 Å². The standard InChI is InChI=1S/C9H17O4P/c1-4-8(10)9(11)7-14(12,6-3)13-5-2/h4,9,11H,1,5-7H2,2-3H3. The molecule has 0 rings (SSSR count). The highest BCUT2D eigenvalue weighted by Crippen LogP contribution is 2.46. The topological polar surface area (TPSA) is 63.6 Å². The lowest BCUT2D eigenvalue weighted by Gasteiger charge is -2.17. The number of rotatable bonds is 7. The summed E-state index contributed by atoms with van der Waals surface area (Å²) in [6.07, 6.45) is -0.0361. The van der Waals surface area contributed by atoms with E-state index in [9.17, 15) is 14.5 Å². The minimum absolute atomic E-state index is 0.123. The van der Waals surface area contributed by atoms with Crippen LogP contribution in [0.1, 0.15) is 13.8 Å². The maximum atomic E-state index is 11.8. The molecule has 1 N–H and O–H groups in total. The van der Waals surface area contributed by atoms with Crippen LogP contribution in [0.3, 0.4) is 0 Å². The van der Waals surface area contributed by atoms with Crippen LogP contribution >= 0.6 is 7.37 Å². The predicted octanol–water partition coefficient (Wildman–Crippen LogP) is 1.44. The third kappa shape index (κ3) is 4.18. The molecular formula is C9H17O4P. The Morgan fingerprint density at radius 2 is 2.21 bits per heavy atom. The quantitative estimate of drug-likeness (QED) is 0.520. The summed E-state index contributed by atoms with van der Waals surface area (Å²) in [4.78, 5) is 11.0. The van der Waals surface area contributed by atoms with E-state index in [1.807, 2.05) is 0 Å². The average molecular weight is 220 g/mol. The van der Waals surface area contributed by atoms with Crippen LogP contribution in [0.4, 0.5) is 0 Å². The zero-order valence-corrected chi connectivity index (χ0v) is 9.50. The normalized spacial score (nSPS) is 17.1. The Balaban J connectivity index is 4.38. The van der Waals surface area contributed by atoms with E-state index in [0.717, 1.165) is 6.08 Å². The summed E-state index contributed by atoms with van der Waals surface area (Å²) in [5.74, 6) is -0.515. The molecule has 5 heteroatoms. The summed E-state index contributed by atoms with van der Waals surface area (Å²) in [5, 5.41) is 9.34. The van der Waals surface area contributed by atoms with Crippen molar-refractivity contribution >= 4 is 13.2 Å². The van der Waals surface area contributed by atoms with Crippen LogP contribution in [-0.2, 0) is 13.9 Å². The number of aliphatic hydroxyl groups is 1. The van der Waals surface area contributed by atoms with Crippen LogP contribution in [0.25, 0.3) is 0 Å². The highest BCUT2D eigenvalue weighted by Gasteiger charge is 2.27. The average Bonchev–Trinajstić information content (AvgIpc) is 2.16. The minimum atomic E-state index is -2.84. The van der Waals surface area contributed by atoms with Gasteiger partial charge in [-0.25, -0.2) is 0 Å². The summed E-state index contributed by atoms with van der Waals surface area (Å²) in [5.41, 5.74) is 0. The second-order valence-electron chi connectivity index (χ2n) is 2.85. The lowest BCUT2D eigenvalue weighted by Crippen LogP contribution is -2.23. The van der Waals surface area contributed by atoms with E-state index in [1.54, 1.807) is 13.8 Å². The van der Waals surface area contributed by atoms with Gasteiger partial charge < -0.3 is 9.63 Å². The third-order valence-electron chi connectivity index (χ3n) is 1.83. The SMILES string of the molecule is C=CC(=O)C(O)CP(=O)(CC)OCC. The van der Waals surface area contributed by atoms with Gasteiger partial charge in [-0.15, -0.1) is 0 Å². The number of carbonyl (C=O) groups is 1. The summed E-state index contributed by atoms with van der Waals surface area (Å²) in [6.45, 7) is 7.00. The molecule has 0 radical (unpaired) electrons. The molecule has 0 aliphatic rings. The van der Waals surface area contributed by atoms with Gasteiger partial charge in [0.15, 0.2) is 5.78 Å². The van der Waals surface area contributed by atoms with Crippen molar-refractivity contribution in [3.63, 3.8) is 0 Å². The first-order valence-electron chi connectivity index (χ1n) is 4.56. The van der Waals surface area contributed by atoms with E-state index in [2.05, 4.69) is 6.58 Å². The molecule has 0 heterocycles. The first-order chi connectivity index (χ1) is 6.49. The number of carbonyl (C=O) groups excluding carboxylic acids is 1. The van der Waals surface area contributed by atoms with Crippen molar-refractivity contribution in [2.24, 2.45) is 0 Å². The highest BCUT2D eigenvalue weighted by atomic mass is 31.2. The zero-order chi connectivity index (χ0) is 11.2. The Morgan fingerprint density at radius 3 is 2.57 bits per heavy atom. The summed E-state index contributed by atoms with van der Waals surface area (Å²) in [6, 6.07) is 0. The van der Waals surface area contributed by atoms with Crippen LogP contribution in [0, 0.1) is 0 Å². The van der Waals surface area contributed by atoms with Crippen molar-refractivity contribution in [2.45, 2.75) is 20.0 Å². The fourth-order valence-corrected chi connectivity index (χ4v) is 2.72. The van der Waals surface area contributed by atoms with E-state index in [4.69, 9.17) is 4.52 Å². The Bertz CT molecular complexity index is 249. The maximum Gasteiger partial charge on any atom is 0.205 e. The minimum Gasteiger partial charge on any atom is -0.384 e. The molecule has 0 bridgehead atoms. The van der Waals surface area contributed by atoms with Crippen LogP contribution < -0.4 is 0 Å². The Labute approximate surface area is 84.4 Å². The van der Waals surface area contributed by atoms with Gasteiger partial charge in [0.2, 0.25) is 7.37 Å². The first kappa shape index (κ1) is 13.6. The molecule has 0 aromatic rings. The molecule has 0 fully saturated rings. The summed E-state index contributed by atoms with van der Waals surface area (Å²) >= 11 is 0. The molecule has 0 spiro atoms. The van der Waals surface area contributed by atoms with Gasteiger partial charge in [-0.3, -0.25) is 9.36 Å². The Hall–Kier alpha value is -0.440. The smallest absolute Gasteiger partial charge is 0.205 e. The molecule has 2 atom stereocenters. The van der Waals surface area contributed by atoms with Gasteiger partial charge in [-0.2, -0.15) is 0 Å². The molecule has 0 aromatic heterocycles. The van der Waals surface area contributed by atoms with Crippen molar-refractivity contribution in [2.75, 3.05) is 18.9 Å². The molecule has 0 aromatic carbocycles. The van der Waals surface area contributed by atoms with Crippen molar-refractivity contribution in [3.8, 4) is 0 Å². The molecule has 0 saturated heterocycles. The summed E-state index contributed by atoms with van der Waals surface area (Å²) < 4.78 is 16.9. The molecule has 0 aliphatic carbocycles. The van der Waals surface area contributed by atoms with Crippen LogP contribution in [0.5, 0.6) is 0 Å². The largest absolute Gasteiger partial charge is 0.384 e. The van der Waals surface area contributed by atoms with E-state index < -0.39 is 19.3 Å². The Morgan fingerprint density at radius 1 is 1.64 bits per heavy atom. The molecule has 0 amide bonds. The third-order valence-corrected chi connectivity index (χ3v) is 4.42. The lowest BCUT2D eigenvalue weighted by atomic mass is 10.3. The molecule has 2 unspecified atom stereocenters. The first-order valence-corrected chi connectivity index (χ1v) is 6.55. The van der Waals surface area contributed by atoms with Gasteiger partial charge >= 0.3 is 0 Å². The molecule has 14 heavy (non-hydrogen) atoms. The van der Waals surface area contributed by atoms with Crippen LogP contribution in [0.2, 0.25) is 0 Å². The van der Waals surface area contributed by atoms with E-state index in [1.165, 1.54) is 0 Å². The van der Waals surface area contributed by atoms with Crippen molar-refractivity contribution in [1.82, 2.24) is 0 Å². The Kier molecular flexibility index (Phi) is 5.93. The van der Waals surface area contributed by atoms with Gasteiger partial charge in [0.05, 0.1) is 12.8 Å². The predicted molar refractivity (Wildman–Crippen MR) is 55.9 cm³/mol. The molecule has 0 saturated carbocycles. The molecule has 82 valence electrons. The maximum absolute atomic E-state index is 11.8. The molecule has 4 nitrogen and oxygen atoms in total. The molecular weight excluding hydrogens is 203 g/mol. The second kappa shape index (κ2) is 6.12. The monoisotopic (exact) mass is 220 g/mol. The fourth-order valence-electron chi connectivity index (χ4n) is 0.998. The second-order valence-corrected chi connectivity index (χ2v) is 5.74. The van der Waals surface area contributed by atoms with Crippen molar-refractivity contribution in [1.29, 1.82) is 0 Å². The van der Waals surface area contributed by atoms with E-state index in [0.29, 0.717) is 12.8 Å². The lowest BCUT2D eigenvalue weighted by molar-refractivity contribution is -0.121. The van der Waals surface area contributed by atoms with Gasteiger partial charge in [-0.1, -0.05) is 13.5 Å². The van der Waals surface area contributed by atoms with Crippen molar-refractivity contribution in [3.05, 3.63) is 12.7 Å². The van der Waals surface area contributed by atoms with Crippen LogP contribution in [-0.4, -0.2) is 35.9 Å². The van der Waals surface area contributed by atoms with Gasteiger partial charge in [0.25, 0.3) is 0 Å². The number of hydrogen-bond acceptors (Lipinski definition) is 4. The zero-order valence-electron chi connectivity index (χ0n) is 8.60. The summed E-state index contributed by atoms with van der Waals surface area (Å²) in [7, 11) is -2.84. The number of hydrogen-bond donors (Lipinski definition) is 1. The highest BCUT2D eigenvalue weighted by molar-refractivity contribution is 7.59. The fraction of sp³-hybridized carbons (Fsp3) is 0.667. The van der Waals surface area contributed by atoms with Crippen LogP contribution in [0.15, 0.2) is 12.7 Å². The van der Waals surface area contributed by atoms with Crippen molar-refractivity contribution < 1.29 is 19.0 Å². The molecule has 0 aliphatic heterocycles. The van der Waals surface area contributed by atoms with E-state index in [-0.39, 0.29) is 6.16 Å². The van der Waals surface area contributed by atoms with E-state index >= 15 is 0 Å². The number of aliphatic hydroxyl groups excluding tert-OH is 1. The number of ketones is 1.